The molecule has 9 aromatic rings. The Morgan fingerprint density at radius 1 is 0.510 bits per heavy atom. The number of hydrogen-bond donors (Lipinski definition) is 0. The molecule has 2 nitrogen and oxygen atoms in total. The summed E-state index contributed by atoms with van der Waals surface area (Å²) in [5.41, 5.74) is 10.2. The van der Waals surface area contributed by atoms with Crippen molar-refractivity contribution in [3.63, 3.8) is 0 Å². The summed E-state index contributed by atoms with van der Waals surface area (Å²) in [6.07, 6.45) is 7.16. The molecule has 0 saturated heterocycles. The average Bonchev–Trinajstić information content (AvgIpc) is 3.78. The second-order valence-electron chi connectivity index (χ2n) is 13.2. The Morgan fingerprint density at radius 3 is 1.96 bits per heavy atom. The minimum atomic E-state index is 0.154. The predicted octanol–water partition coefficient (Wildman–Crippen LogP) is 13.8. The largest absolute Gasteiger partial charge is 0.456 e. The van der Waals surface area contributed by atoms with E-state index >= 15 is 0 Å². The number of furan rings is 1. The summed E-state index contributed by atoms with van der Waals surface area (Å²) in [6.45, 7) is 0. The summed E-state index contributed by atoms with van der Waals surface area (Å²) in [5.74, 6) is 0.371. The smallest absolute Gasteiger partial charge is 0.137 e. The Hall–Kier alpha value is -6.16. The summed E-state index contributed by atoms with van der Waals surface area (Å²) < 4.78 is 9.06. The van der Waals surface area contributed by atoms with E-state index in [1.54, 1.807) is 0 Å². The molecule has 1 aliphatic rings. The first-order chi connectivity index (χ1) is 25.3. The van der Waals surface area contributed by atoms with Crippen molar-refractivity contribution in [1.29, 1.82) is 0 Å². The highest BCUT2D eigenvalue weighted by atomic mass is 32.1. The fourth-order valence-electron chi connectivity index (χ4n) is 7.92. The molecule has 0 spiro atoms. The van der Waals surface area contributed by atoms with Crippen molar-refractivity contribution in [2.75, 3.05) is 4.90 Å². The first kappa shape index (κ1) is 29.7. The van der Waals surface area contributed by atoms with Crippen molar-refractivity contribution in [2.24, 2.45) is 0 Å². The van der Waals surface area contributed by atoms with E-state index < -0.39 is 0 Å². The van der Waals surface area contributed by atoms with Crippen LogP contribution < -0.4 is 4.90 Å². The Labute approximate surface area is 300 Å². The standard InChI is InChI=1S/C48H33NOS/c1-3-13-32(14-4-1)37-30-29-36(31-42(37)33-15-5-2-6-16-33)49(43-21-12-23-45-47(43)41-18-7-9-22-44(41)50-45)35-27-25-34(26-28-35)38-19-11-20-40-39-17-8-10-24-46(39)51-48(38)40/h1-31,37,42H. The number of fused-ring (bicyclic) bond motifs is 6. The van der Waals surface area contributed by atoms with Crippen LogP contribution in [0.1, 0.15) is 23.0 Å². The van der Waals surface area contributed by atoms with Gasteiger partial charge >= 0.3 is 0 Å². The highest BCUT2D eigenvalue weighted by Crippen LogP contribution is 2.46. The van der Waals surface area contributed by atoms with Crippen molar-refractivity contribution < 1.29 is 4.42 Å². The molecule has 0 N–H and O–H groups in total. The van der Waals surface area contributed by atoms with Crippen LogP contribution >= 0.6 is 11.3 Å². The lowest BCUT2D eigenvalue weighted by atomic mass is 9.78. The molecule has 7 aromatic carbocycles. The van der Waals surface area contributed by atoms with E-state index in [0.29, 0.717) is 0 Å². The maximum atomic E-state index is 6.41. The molecule has 0 aliphatic heterocycles. The van der Waals surface area contributed by atoms with E-state index in [2.05, 4.69) is 187 Å². The van der Waals surface area contributed by atoms with Crippen molar-refractivity contribution in [2.45, 2.75) is 11.8 Å². The molecule has 10 rings (SSSR count). The van der Waals surface area contributed by atoms with E-state index in [0.717, 1.165) is 39.0 Å². The lowest BCUT2D eigenvalue weighted by Crippen LogP contribution is -2.20. The number of para-hydroxylation sites is 1. The molecule has 0 saturated carbocycles. The van der Waals surface area contributed by atoms with Gasteiger partial charge in [-0.05, 0) is 64.7 Å². The topological polar surface area (TPSA) is 16.4 Å². The first-order valence-corrected chi connectivity index (χ1v) is 18.3. The van der Waals surface area contributed by atoms with Gasteiger partial charge in [0.2, 0.25) is 0 Å². The third kappa shape index (κ3) is 5.09. The van der Waals surface area contributed by atoms with Gasteiger partial charge in [0, 0.05) is 48.8 Å². The zero-order valence-electron chi connectivity index (χ0n) is 27.8. The summed E-state index contributed by atoms with van der Waals surface area (Å²) in [6, 6.07) is 61.1. The Morgan fingerprint density at radius 2 is 1.16 bits per heavy atom. The van der Waals surface area contributed by atoms with E-state index in [4.69, 9.17) is 4.42 Å². The molecule has 242 valence electrons. The summed E-state index contributed by atoms with van der Waals surface area (Å²) in [4.78, 5) is 2.42. The normalized spacial score (nSPS) is 15.9. The predicted molar refractivity (Wildman–Crippen MR) is 216 cm³/mol. The van der Waals surface area contributed by atoms with Gasteiger partial charge in [-0.3, -0.25) is 0 Å². The van der Waals surface area contributed by atoms with Crippen LogP contribution in [-0.4, -0.2) is 0 Å². The van der Waals surface area contributed by atoms with Gasteiger partial charge in [-0.1, -0.05) is 146 Å². The molecule has 51 heavy (non-hydrogen) atoms. The number of anilines is 2. The van der Waals surface area contributed by atoms with Crippen LogP contribution in [0, 0.1) is 0 Å². The molecule has 0 bridgehead atoms. The second kappa shape index (κ2) is 12.3. The van der Waals surface area contributed by atoms with Crippen LogP contribution in [0.3, 0.4) is 0 Å². The maximum absolute atomic E-state index is 6.41. The number of benzene rings is 7. The van der Waals surface area contributed by atoms with Crippen molar-refractivity contribution >= 4 is 64.8 Å². The quantitative estimate of drug-likeness (QED) is 0.175. The number of hydrogen-bond acceptors (Lipinski definition) is 3. The van der Waals surface area contributed by atoms with Gasteiger partial charge < -0.3 is 9.32 Å². The van der Waals surface area contributed by atoms with Gasteiger partial charge in [0.15, 0.2) is 0 Å². The van der Waals surface area contributed by atoms with Gasteiger partial charge in [-0.15, -0.1) is 11.3 Å². The second-order valence-corrected chi connectivity index (χ2v) is 14.3. The Bertz CT molecular complexity index is 2750. The van der Waals surface area contributed by atoms with Crippen LogP contribution in [0.15, 0.2) is 198 Å². The first-order valence-electron chi connectivity index (χ1n) is 17.5. The van der Waals surface area contributed by atoms with Gasteiger partial charge in [-0.25, -0.2) is 0 Å². The van der Waals surface area contributed by atoms with E-state index in [-0.39, 0.29) is 11.8 Å². The highest BCUT2D eigenvalue weighted by molar-refractivity contribution is 7.26. The summed E-state index contributed by atoms with van der Waals surface area (Å²) in [5, 5.41) is 4.86. The summed E-state index contributed by atoms with van der Waals surface area (Å²) in [7, 11) is 0. The molecular formula is C48H33NOS. The molecular weight excluding hydrogens is 639 g/mol. The molecule has 0 amide bonds. The molecule has 1 aliphatic carbocycles. The SMILES string of the molecule is C1=CC(c2ccccc2)C(c2ccccc2)C=C1N(c1ccc(-c2cccc3c2sc2ccccc23)cc1)c1cccc2oc3ccccc3c12. The van der Waals surface area contributed by atoms with Crippen LogP contribution in [0.5, 0.6) is 0 Å². The minimum Gasteiger partial charge on any atom is -0.456 e. The lowest BCUT2D eigenvalue weighted by Gasteiger charge is -2.33. The van der Waals surface area contributed by atoms with E-state index in [1.807, 2.05) is 17.4 Å². The van der Waals surface area contributed by atoms with Crippen LogP contribution in [0.2, 0.25) is 0 Å². The third-order valence-corrected chi connectivity index (χ3v) is 11.5. The molecule has 2 heterocycles. The van der Waals surface area contributed by atoms with E-state index in [9.17, 15) is 0 Å². The van der Waals surface area contributed by atoms with E-state index in [1.165, 1.54) is 42.4 Å². The highest BCUT2D eigenvalue weighted by Gasteiger charge is 2.28. The number of allylic oxidation sites excluding steroid dienone is 3. The average molecular weight is 672 g/mol. The molecule has 2 aromatic heterocycles. The van der Waals surface area contributed by atoms with Gasteiger partial charge in [0.25, 0.3) is 0 Å². The van der Waals surface area contributed by atoms with Gasteiger partial charge in [0.1, 0.15) is 11.2 Å². The zero-order valence-corrected chi connectivity index (χ0v) is 28.6. The third-order valence-electron chi connectivity index (χ3n) is 10.3. The van der Waals surface area contributed by atoms with Crippen LogP contribution in [0.25, 0.3) is 53.2 Å². The zero-order chi connectivity index (χ0) is 33.7. The molecule has 2 atom stereocenters. The van der Waals surface area contributed by atoms with Gasteiger partial charge in [0.05, 0.1) is 11.1 Å². The van der Waals surface area contributed by atoms with Crippen LogP contribution in [0.4, 0.5) is 11.4 Å². The van der Waals surface area contributed by atoms with Gasteiger partial charge in [-0.2, -0.15) is 0 Å². The van der Waals surface area contributed by atoms with Crippen molar-refractivity contribution in [3.05, 3.63) is 205 Å². The lowest BCUT2D eigenvalue weighted by molar-refractivity contribution is 0.669. The molecule has 2 unspecified atom stereocenters. The fourth-order valence-corrected chi connectivity index (χ4v) is 9.16. The van der Waals surface area contributed by atoms with Crippen molar-refractivity contribution in [1.82, 2.24) is 0 Å². The minimum absolute atomic E-state index is 0.154. The number of nitrogens with zero attached hydrogens (tertiary/aromatic N) is 1. The fraction of sp³-hybridized carbons (Fsp3) is 0.0417. The Kier molecular flexibility index (Phi) is 7.18. The van der Waals surface area contributed by atoms with Crippen molar-refractivity contribution in [3.8, 4) is 11.1 Å². The van der Waals surface area contributed by atoms with Crippen LogP contribution in [-0.2, 0) is 0 Å². The molecule has 0 fully saturated rings. The summed E-state index contributed by atoms with van der Waals surface area (Å²) >= 11 is 1.87. The monoisotopic (exact) mass is 671 g/mol. The number of rotatable bonds is 6. The number of thiophene rings is 1. The molecule has 0 radical (unpaired) electrons. The Balaban J connectivity index is 1.15. The molecule has 3 heteroatoms. The maximum Gasteiger partial charge on any atom is 0.137 e.